The number of aromatic nitrogens is 4. The van der Waals surface area contributed by atoms with Crippen molar-refractivity contribution < 1.29 is 4.57 Å². The first kappa shape index (κ1) is 24.1. The Morgan fingerprint density at radius 1 is 0.535 bits per heavy atom. The number of pyridine rings is 4. The zero-order chi connectivity index (χ0) is 28.3. The molecule has 200 valence electrons. The Bertz CT molecular complexity index is 2520. The first-order valence-corrected chi connectivity index (χ1v) is 15.1. The third kappa shape index (κ3) is 3.90. The monoisotopic (exact) mass is 567 g/mol. The molecular weight excluding hydrogens is 545 g/mol. The molecule has 9 rings (SSSR count). The van der Waals surface area contributed by atoms with Gasteiger partial charge in [0.2, 0.25) is 11.2 Å². The standard InChI is InChI=1S/C38H23N4S/c1-2-10-30-27(7-1)21-33(42-18-6-9-25-13-12-24-8-5-17-40-36(24)38(25)42)31-20-29(23-41-37(30)31)26-14-15-34-28(19-26)22-35(43-34)32-11-3-4-16-39-32/h1-23H/q+1. The minimum Gasteiger partial charge on any atom is -0.255 e. The molecule has 4 nitrogen and oxygen atoms in total. The minimum absolute atomic E-state index is 0.984. The van der Waals surface area contributed by atoms with Gasteiger partial charge in [0.1, 0.15) is 5.52 Å². The zero-order valence-electron chi connectivity index (χ0n) is 23.0. The second-order valence-electron chi connectivity index (χ2n) is 10.8. The molecule has 0 aliphatic rings. The molecule has 0 saturated carbocycles. The largest absolute Gasteiger partial charge is 0.255 e. The third-order valence-corrected chi connectivity index (χ3v) is 9.37. The third-order valence-electron chi connectivity index (χ3n) is 8.23. The van der Waals surface area contributed by atoms with E-state index in [9.17, 15) is 0 Å². The summed E-state index contributed by atoms with van der Waals surface area (Å²) in [6, 6.07) is 40.8. The van der Waals surface area contributed by atoms with Crippen LogP contribution < -0.4 is 4.57 Å². The maximum Gasteiger partial charge on any atom is 0.244 e. The van der Waals surface area contributed by atoms with Crippen molar-refractivity contribution in [2.75, 3.05) is 0 Å². The fourth-order valence-electron chi connectivity index (χ4n) is 6.19. The molecule has 0 unspecified atom stereocenters. The highest BCUT2D eigenvalue weighted by Crippen LogP contribution is 2.37. The van der Waals surface area contributed by atoms with E-state index < -0.39 is 0 Å². The van der Waals surface area contributed by atoms with Crippen molar-refractivity contribution in [3.05, 3.63) is 140 Å². The van der Waals surface area contributed by atoms with E-state index in [-0.39, 0.29) is 0 Å². The molecule has 0 amide bonds. The summed E-state index contributed by atoms with van der Waals surface area (Å²) in [5.74, 6) is 0. The van der Waals surface area contributed by atoms with E-state index in [2.05, 4.69) is 113 Å². The van der Waals surface area contributed by atoms with E-state index in [1.165, 1.54) is 15.0 Å². The predicted molar refractivity (Wildman–Crippen MR) is 178 cm³/mol. The van der Waals surface area contributed by atoms with E-state index in [0.29, 0.717) is 0 Å². The Morgan fingerprint density at radius 2 is 1.40 bits per heavy atom. The summed E-state index contributed by atoms with van der Waals surface area (Å²) in [5.41, 5.74) is 7.37. The number of hydrogen-bond acceptors (Lipinski definition) is 4. The van der Waals surface area contributed by atoms with Crippen LogP contribution in [-0.2, 0) is 0 Å². The molecule has 4 aromatic carbocycles. The highest BCUT2D eigenvalue weighted by atomic mass is 32.1. The van der Waals surface area contributed by atoms with Crippen LogP contribution in [0.3, 0.4) is 0 Å². The Hall–Kier alpha value is -5.52. The van der Waals surface area contributed by atoms with Crippen molar-refractivity contribution >= 4 is 64.9 Å². The van der Waals surface area contributed by atoms with Crippen LogP contribution in [0.2, 0.25) is 0 Å². The second-order valence-corrected chi connectivity index (χ2v) is 11.9. The Kier molecular flexibility index (Phi) is 5.33. The van der Waals surface area contributed by atoms with Gasteiger partial charge in [-0.25, -0.2) is 4.98 Å². The van der Waals surface area contributed by atoms with Gasteiger partial charge in [-0.05, 0) is 70.9 Å². The predicted octanol–water partition coefficient (Wildman–Crippen LogP) is 9.31. The number of hydrogen-bond donors (Lipinski definition) is 0. The van der Waals surface area contributed by atoms with E-state index in [4.69, 9.17) is 9.97 Å². The zero-order valence-corrected chi connectivity index (χ0v) is 23.8. The van der Waals surface area contributed by atoms with Crippen LogP contribution in [-0.4, -0.2) is 15.0 Å². The van der Waals surface area contributed by atoms with Crippen LogP contribution in [0.4, 0.5) is 0 Å². The molecule has 5 heteroatoms. The summed E-state index contributed by atoms with van der Waals surface area (Å²) in [4.78, 5) is 15.7. The summed E-state index contributed by atoms with van der Waals surface area (Å²) in [5, 5.41) is 6.87. The van der Waals surface area contributed by atoms with E-state index in [0.717, 1.165) is 66.0 Å². The molecule has 43 heavy (non-hydrogen) atoms. The van der Waals surface area contributed by atoms with Gasteiger partial charge in [-0.15, -0.1) is 11.3 Å². The molecular formula is C38H23N4S+. The van der Waals surface area contributed by atoms with E-state index in [1.807, 2.05) is 36.8 Å². The number of benzene rings is 4. The van der Waals surface area contributed by atoms with Crippen LogP contribution >= 0.6 is 11.3 Å². The highest BCUT2D eigenvalue weighted by molar-refractivity contribution is 7.22. The number of fused-ring (bicyclic) bond motifs is 7. The summed E-state index contributed by atoms with van der Waals surface area (Å²) >= 11 is 1.77. The van der Waals surface area contributed by atoms with Crippen LogP contribution in [0, 0.1) is 0 Å². The molecule has 0 N–H and O–H groups in total. The molecule has 0 atom stereocenters. The molecule has 0 radical (unpaired) electrons. The van der Waals surface area contributed by atoms with Gasteiger partial charge >= 0.3 is 0 Å². The lowest BCUT2D eigenvalue weighted by Crippen LogP contribution is -2.31. The van der Waals surface area contributed by atoms with E-state index in [1.54, 1.807) is 11.3 Å². The normalized spacial score (nSPS) is 11.7. The smallest absolute Gasteiger partial charge is 0.244 e. The van der Waals surface area contributed by atoms with Gasteiger partial charge in [-0.2, -0.15) is 4.57 Å². The van der Waals surface area contributed by atoms with Crippen molar-refractivity contribution in [2.24, 2.45) is 0 Å². The summed E-state index contributed by atoms with van der Waals surface area (Å²) in [7, 11) is 0. The maximum atomic E-state index is 5.11. The van der Waals surface area contributed by atoms with Crippen molar-refractivity contribution in [2.45, 2.75) is 0 Å². The van der Waals surface area contributed by atoms with Gasteiger partial charge in [-0.3, -0.25) is 9.97 Å². The van der Waals surface area contributed by atoms with E-state index >= 15 is 0 Å². The first-order chi connectivity index (χ1) is 21.3. The number of rotatable bonds is 3. The lowest BCUT2D eigenvalue weighted by molar-refractivity contribution is -0.564. The highest BCUT2D eigenvalue weighted by Gasteiger charge is 2.21. The van der Waals surface area contributed by atoms with Gasteiger partial charge in [0.15, 0.2) is 6.20 Å². The molecule has 9 aromatic rings. The molecule has 0 fully saturated rings. The topological polar surface area (TPSA) is 42.5 Å². The molecule has 0 aliphatic heterocycles. The lowest BCUT2D eigenvalue weighted by Gasteiger charge is -2.10. The van der Waals surface area contributed by atoms with Crippen molar-refractivity contribution in [3.8, 4) is 27.4 Å². The van der Waals surface area contributed by atoms with Gasteiger partial charge in [-0.1, -0.05) is 48.5 Å². The second kappa shape index (κ2) is 9.51. The Balaban J connectivity index is 1.30. The average Bonchev–Trinajstić information content (AvgIpc) is 3.51. The van der Waals surface area contributed by atoms with Gasteiger partial charge < -0.3 is 0 Å². The first-order valence-electron chi connectivity index (χ1n) is 14.3. The summed E-state index contributed by atoms with van der Waals surface area (Å²) in [6.45, 7) is 0. The fourth-order valence-corrected chi connectivity index (χ4v) is 7.21. The molecule has 0 aliphatic carbocycles. The van der Waals surface area contributed by atoms with Crippen LogP contribution in [0.15, 0.2) is 140 Å². The summed E-state index contributed by atoms with van der Waals surface area (Å²) < 4.78 is 3.53. The van der Waals surface area contributed by atoms with Gasteiger partial charge in [0, 0.05) is 57.1 Å². The number of thiophene rings is 1. The van der Waals surface area contributed by atoms with Crippen molar-refractivity contribution in [1.82, 2.24) is 15.0 Å². The fraction of sp³-hybridized carbons (Fsp3) is 0. The average molecular weight is 568 g/mol. The van der Waals surface area contributed by atoms with Gasteiger partial charge in [0.05, 0.1) is 21.5 Å². The van der Waals surface area contributed by atoms with Crippen LogP contribution in [0.25, 0.3) is 81.0 Å². The molecule has 0 saturated heterocycles. The SMILES string of the molecule is c1ccc(-c2cc3cc(-c4cnc5c(c4)c(-[n+]4cccc6ccc7cccnc7c64)cc4ccccc45)ccc3s2)nc1. The Labute approximate surface area is 251 Å². The van der Waals surface area contributed by atoms with Crippen LogP contribution in [0.5, 0.6) is 0 Å². The van der Waals surface area contributed by atoms with Gasteiger partial charge in [0.25, 0.3) is 0 Å². The minimum atomic E-state index is 0.984. The molecule has 5 aromatic heterocycles. The molecule has 0 spiro atoms. The Morgan fingerprint density at radius 3 is 2.35 bits per heavy atom. The van der Waals surface area contributed by atoms with Crippen LogP contribution in [0.1, 0.15) is 0 Å². The lowest BCUT2D eigenvalue weighted by atomic mass is 9.99. The summed E-state index contributed by atoms with van der Waals surface area (Å²) in [6.07, 6.45) is 7.87. The quantitative estimate of drug-likeness (QED) is 0.158. The van der Waals surface area contributed by atoms with Crippen molar-refractivity contribution in [1.29, 1.82) is 0 Å². The maximum absolute atomic E-state index is 5.11. The molecule has 0 bridgehead atoms. The number of nitrogens with zero attached hydrogens (tertiary/aromatic N) is 4. The van der Waals surface area contributed by atoms with Crippen molar-refractivity contribution in [3.63, 3.8) is 0 Å². The molecule has 5 heterocycles.